The fraction of sp³-hybridized carbons (Fsp3) is 0.296. The van der Waals surface area contributed by atoms with Crippen molar-refractivity contribution < 1.29 is 24.2 Å². The van der Waals surface area contributed by atoms with Crippen LogP contribution in [0.25, 0.3) is 17.0 Å². The van der Waals surface area contributed by atoms with Crippen molar-refractivity contribution >= 4 is 40.3 Å². The summed E-state index contributed by atoms with van der Waals surface area (Å²) in [4.78, 5) is 28.3. The molecule has 178 valence electrons. The molecule has 0 unspecified atom stereocenters. The molecular formula is C27H28ClNO5. The molecule has 0 radical (unpaired) electrons. The number of carbonyl (C=O) groups is 2. The van der Waals surface area contributed by atoms with Crippen LogP contribution in [0.5, 0.6) is 5.75 Å². The number of aliphatic hydroxyl groups is 1. The summed E-state index contributed by atoms with van der Waals surface area (Å²) >= 11 is 6.22. The van der Waals surface area contributed by atoms with E-state index in [0.29, 0.717) is 34.2 Å². The van der Waals surface area contributed by atoms with Gasteiger partial charge >= 0.3 is 5.97 Å². The molecule has 0 aliphatic heterocycles. The lowest BCUT2D eigenvalue weighted by Crippen LogP contribution is -2.29. The summed E-state index contributed by atoms with van der Waals surface area (Å²) in [5.41, 5.74) is 2.20. The summed E-state index contributed by atoms with van der Waals surface area (Å²) in [5, 5.41) is 11.3. The Morgan fingerprint density at radius 1 is 1.15 bits per heavy atom. The quantitative estimate of drug-likeness (QED) is 0.252. The van der Waals surface area contributed by atoms with Gasteiger partial charge in [-0.05, 0) is 81.7 Å². The van der Waals surface area contributed by atoms with E-state index in [-0.39, 0.29) is 5.97 Å². The second kappa shape index (κ2) is 10.8. The maximum Gasteiger partial charge on any atom is 0.337 e. The third-order valence-electron chi connectivity index (χ3n) is 5.40. The fourth-order valence-electron chi connectivity index (χ4n) is 3.40. The molecule has 0 spiro atoms. The highest BCUT2D eigenvalue weighted by Gasteiger charge is 2.21. The first-order chi connectivity index (χ1) is 16.1. The average Bonchev–Trinajstić information content (AvgIpc) is 2.81. The molecule has 2 aromatic carbocycles. The number of benzene rings is 2. The van der Waals surface area contributed by atoms with E-state index in [9.17, 15) is 14.7 Å². The van der Waals surface area contributed by atoms with E-state index in [0.717, 1.165) is 29.4 Å². The van der Waals surface area contributed by atoms with E-state index in [4.69, 9.17) is 21.1 Å². The Kier molecular flexibility index (Phi) is 8.07. The number of halogens is 1. The fourth-order valence-corrected chi connectivity index (χ4v) is 3.57. The van der Waals surface area contributed by atoms with Crippen LogP contribution in [0.15, 0.2) is 48.5 Å². The lowest BCUT2D eigenvalue weighted by atomic mass is 10.0. The minimum Gasteiger partial charge on any atom is -0.493 e. The van der Waals surface area contributed by atoms with Crippen LogP contribution in [0, 0.1) is 6.92 Å². The van der Waals surface area contributed by atoms with Crippen LogP contribution in [0.1, 0.15) is 47.4 Å². The van der Waals surface area contributed by atoms with Crippen LogP contribution in [-0.4, -0.2) is 41.2 Å². The molecule has 1 aromatic heterocycles. The van der Waals surface area contributed by atoms with Gasteiger partial charge in [0.1, 0.15) is 11.4 Å². The van der Waals surface area contributed by atoms with Crippen LogP contribution in [0.4, 0.5) is 0 Å². The highest BCUT2D eigenvalue weighted by molar-refractivity contribution is 6.31. The topological polar surface area (TPSA) is 85.7 Å². The van der Waals surface area contributed by atoms with Gasteiger partial charge < -0.3 is 14.6 Å². The van der Waals surface area contributed by atoms with E-state index in [1.165, 1.54) is 27.0 Å². The van der Waals surface area contributed by atoms with E-state index >= 15 is 0 Å². The Morgan fingerprint density at radius 3 is 2.50 bits per heavy atom. The van der Waals surface area contributed by atoms with Crippen molar-refractivity contribution in [2.75, 3.05) is 13.7 Å². The largest absolute Gasteiger partial charge is 0.493 e. The molecule has 0 bridgehead atoms. The molecule has 1 N–H and O–H groups in total. The standard InChI is InChI=1S/C27H28ClNO5/c1-17-22(13-14-24(30)27(2,3)32)29-23-12-11-20(28)16-21(23)25(17)34-15-5-6-18-7-9-19(10-8-18)26(31)33-4/h7-14,16,32H,5-6,15H2,1-4H3. The van der Waals surface area contributed by atoms with E-state index in [2.05, 4.69) is 4.98 Å². The predicted octanol–water partition coefficient (Wildman–Crippen LogP) is 5.35. The molecule has 0 saturated carbocycles. The van der Waals surface area contributed by atoms with Gasteiger partial charge in [0, 0.05) is 16.0 Å². The molecule has 0 saturated heterocycles. The van der Waals surface area contributed by atoms with Crippen molar-refractivity contribution in [3.05, 3.63) is 75.9 Å². The number of hydrogen-bond donors (Lipinski definition) is 1. The van der Waals surface area contributed by atoms with Crippen LogP contribution in [-0.2, 0) is 16.0 Å². The summed E-state index contributed by atoms with van der Waals surface area (Å²) in [5.74, 6) is -0.114. The third kappa shape index (κ3) is 6.22. The first kappa shape index (κ1) is 25.4. The summed E-state index contributed by atoms with van der Waals surface area (Å²) < 4.78 is 10.9. The number of ketones is 1. The number of fused-ring (bicyclic) bond motifs is 1. The number of methoxy groups -OCH3 is 1. The van der Waals surface area contributed by atoms with Crippen LogP contribution >= 0.6 is 11.6 Å². The third-order valence-corrected chi connectivity index (χ3v) is 5.63. The number of aryl methyl sites for hydroxylation is 1. The number of aromatic nitrogens is 1. The van der Waals surface area contributed by atoms with E-state index in [1.807, 2.05) is 31.2 Å². The van der Waals surface area contributed by atoms with Gasteiger partial charge in [0.15, 0.2) is 5.78 Å². The molecule has 7 heteroatoms. The zero-order chi connectivity index (χ0) is 24.9. The SMILES string of the molecule is COC(=O)c1ccc(CCCOc2c(C)c(C=CC(=O)C(C)(C)O)nc3ccc(Cl)cc23)cc1. The second-order valence-electron chi connectivity index (χ2n) is 8.51. The molecule has 34 heavy (non-hydrogen) atoms. The van der Waals surface area contributed by atoms with Gasteiger partial charge in [-0.25, -0.2) is 9.78 Å². The van der Waals surface area contributed by atoms with Crippen molar-refractivity contribution in [2.24, 2.45) is 0 Å². The Hall–Kier alpha value is -3.22. The van der Waals surface area contributed by atoms with Crippen LogP contribution < -0.4 is 4.74 Å². The molecule has 0 amide bonds. The smallest absolute Gasteiger partial charge is 0.337 e. The lowest BCUT2D eigenvalue weighted by Gasteiger charge is -2.15. The molecule has 0 fully saturated rings. The highest BCUT2D eigenvalue weighted by atomic mass is 35.5. The van der Waals surface area contributed by atoms with Crippen molar-refractivity contribution in [3.63, 3.8) is 0 Å². The lowest BCUT2D eigenvalue weighted by molar-refractivity contribution is -0.128. The number of nitrogens with zero attached hydrogens (tertiary/aromatic N) is 1. The Morgan fingerprint density at radius 2 is 1.85 bits per heavy atom. The number of pyridine rings is 1. The van der Waals surface area contributed by atoms with Gasteiger partial charge in [-0.2, -0.15) is 0 Å². The van der Waals surface area contributed by atoms with Crippen molar-refractivity contribution in [2.45, 2.75) is 39.2 Å². The maximum absolute atomic E-state index is 12.1. The first-order valence-corrected chi connectivity index (χ1v) is 11.3. The second-order valence-corrected chi connectivity index (χ2v) is 8.95. The Balaban J connectivity index is 1.78. The van der Waals surface area contributed by atoms with Gasteiger partial charge in [0.2, 0.25) is 0 Å². The molecule has 6 nitrogen and oxygen atoms in total. The maximum atomic E-state index is 12.1. The van der Waals surface area contributed by atoms with Crippen LogP contribution in [0.2, 0.25) is 5.02 Å². The zero-order valence-corrected chi connectivity index (χ0v) is 20.5. The Labute approximate surface area is 204 Å². The Bertz CT molecular complexity index is 1230. The van der Waals surface area contributed by atoms with Crippen molar-refractivity contribution in [3.8, 4) is 5.75 Å². The number of ether oxygens (including phenoxy) is 2. The summed E-state index contributed by atoms with van der Waals surface area (Å²) in [6.45, 7) is 5.22. The van der Waals surface area contributed by atoms with Gasteiger partial charge in [0.25, 0.3) is 0 Å². The molecule has 0 aliphatic rings. The molecule has 0 aliphatic carbocycles. The monoisotopic (exact) mass is 481 g/mol. The predicted molar refractivity (Wildman–Crippen MR) is 133 cm³/mol. The minimum atomic E-state index is -1.46. The average molecular weight is 482 g/mol. The zero-order valence-electron chi connectivity index (χ0n) is 19.7. The van der Waals surface area contributed by atoms with Crippen molar-refractivity contribution in [1.29, 1.82) is 0 Å². The van der Waals surface area contributed by atoms with E-state index in [1.54, 1.807) is 24.3 Å². The summed E-state index contributed by atoms with van der Waals surface area (Å²) in [6.07, 6.45) is 4.46. The first-order valence-electron chi connectivity index (χ1n) is 10.9. The molecule has 3 rings (SSSR count). The molecule has 1 heterocycles. The molecule has 3 aromatic rings. The van der Waals surface area contributed by atoms with Gasteiger partial charge in [-0.1, -0.05) is 23.7 Å². The highest BCUT2D eigenvalue weighted by Crippen LogP contribution is 2.33. The minimum absolute atomic E-state index is 0.359. The normalized spacial score (nSPS) is 11.7. The van der Waals surface area contributed by atoms with Crippen molar-refractivity contribution in [1.82, 2.24) is 4.98 Å². The number of esters is 1. The van der Waals surface area contributed by atoms with E-state index < -0.39 is 11.4 Å². The van der Waals surface area contributed by atoms with Crippen LogP contribution in [0.3, 0.4) is 0 Å². The summed E-state index contributed by atoms with van der Waals surface area (Å²) in [7, 11) is 1.36. The van der Waals surface area contributed by atoms with Gasteiger partial charge in [0.05, 0.1) is 30.5 Å². The molecule has 0 atom stereocenters. The number of rotatable bonds is 9. The van der Waals surface area contributed by atoms with Gasteiger partial charge in [-0.3, -0.25) is 4.79 Å². The number of hydrogen-bond acceptors (Lipinski definition) is 6. The molecular weight excluding hydrogens is 454 g/mol. The van der Waals surface area contributed by atoms with Gasteiger partial charge in [-0.15, -0.1) is 0 Å². The summed E-state index contributed by atoms with van der Waals surface area (Å²) in [6, 6.07) is 12.7. The number of carbonyl (C=O) groups excluding carboxylic acids is 2.